The van der Waals surface area contributed by atoms with Gasteiger partial charge in [0.15, 0.2) is 0 Å². The Morgan fingerprint density at radius 1 is 1.21 bits per heavy atom. The summed E-state index contributed by atoms with van der Waals surface area (Å²) >= 11 is 1.68. The number of hydrogen-bond acceptors (Lipinski definition) is 5. The molecule has 1 aromatic heterocycles. The van der Waals surface area contributed by atoms with Crippen LogP contribution in [0.5, 0.6) is 0 Å². The maximum Gasteiger partial charge on any atom is 0.224 e. The topological polar surface area (TPSA) is 79.4 Å². The fourth-order valence-corrected chi connectivity index (χ4v) is 6.47. The van der Waals surface area contributed by atoms with Crippen LogP contribution in [0.2, 0.25) is 0 Å². The minimum atomic E-state index is -3.15. The first-order valence-electron chi connectivity index (χ1n) is 10.3. The van der Waals surface area contributed by atoms with Crippen LogP contribution in [0.4, 0.5) is 0 Å². The largest absolute Gasteiger partial charge is 0.353 e. The average Bonchev–Trinajstić information content (AvgIpc) is 3.18. The molecule has 0 unspecified atom stereocenters. The van der Waals surface area contributed by atoms with E-state index in [1.54, 1.807) is 22.6 Å². The number of para-hydroxylation sites is 1. The van der Waals surface area contributed by atoms with E-state index in [0.29, 0.717) is 25.9 Å². The second-order valence-electron chi connectivity index (χ2n) is 7.76. The Morgan fingerprint density at radius 3 is 2.66 bits per heavy atom. The molecule has 156 valence electrons. The van der Waals surface area contributed by atoms with Gasteiger partial charge in [-0.2, -0.15) is 0 Å². The van der Waals surface area contributed by atoms with Crippen LogP contribution in [0, 0.1) is 5.92 Å². The number of hydrogen-bond donors (Lipinski definition) is 1. The number of rotatable bonds is 5. The molecule has 1 fully saturated rings. The van der Waals surface area contributed by atoms with Crippen molar-refractivity contribution in [2.45, 2.75) is 44.6 Å². The molecule has 8 heteroatoms. The van der Waals surface area contributed by atoms with Gasteiger partial charge in [0.2, 0.25) is 15.9 Å². The molecule has 6 nitrogen and oxygen atoms in total. The highest BCUT2D eigenvalue weighted by Crippen LogP contribution is 2.38. The standard InChI is InChI=1S/C21H27N3O3S2/c1-2-29(26,27)24-13-11-15(12-14-24)22-20(25)16-7-3-4-8-17(16)21-23-18-9-5-6-10-19(18)28-21/h3-6,9-10,15-17H,2,7-8,11-14H2,1H3,(H,22,25)/t16-,17-/m1/s1. The van der Waals surface area contributed by atoms with Crippen molar-refractivity contribution in [3.63, 3.8) is 0 Å². The Kier molecular flexibility index (Phi) is 6.03. The second-order valence-corrected chi connectivity index (χ2v) is 11.1. The van der Waals surface area contributed by atoms with Crippen molar-refractivity contribution in [2.75, 3.05) is 18.8 Å². The van der Waals surface area contributed by atoms with Crippen molar-refractivity contribution >= 4 is 37.5 Å². The van der Waals surface area contributed by atoms with Gasteiger partial charge < -0.3 is 5.32 Å². The predicted molar refractivity (Wildman–Crippen MR) is 116 cm³/mol. The Balaban J connectivity index is 1.43. The lowest BCUT2D eigenvalue weighted by Crippen LogP contribution is -2.48. The number of nitrogens with zero attached hydrogens (tertiary/aromatic N) is 2. The van der Waals surface area contributed by atoms with Gasteiger partial charge in [-0.1, -0.05) is 24.3 Å². The smallest absolute Gasteiger partial charge is 0.224 e. The highest BCUT2D eigenvalue weighted by molar-refractivity contribution is 7.89. The summed E-state index contributed by atoms with van der Waals surface area (Å²) in [5.41, 5.74) is 0.991. The third-order valence-corrected chi connectivity index (χ3v) is 9.01. The van der Waals surface area contributed by atoms with Crippen LogP contribution < -0.4 is 5.32 Å². The summed E-state index contributed by atoms with van der Waals surface area (Å²) in [6.07, 6.45) is 7.11. The Hall–Kier alpha value is -1.77. The van der Waals surface area contributed by atoms with Crippen molar-refractivity contribution in [3.05, 3.63) is 41.4 Å². The molecule has 2 heterocycles. The van der Waals surface area contributed by atoms with Crippen molar-refractivity contribution in [1.82, 2.24) is 14.6 Å². The van der Waals surface area contributed by atoms with Crippen LogP contribution in [0.1, 0.15) is 43.5 Å². The zero-order chi connectivity index (χ0) is 20.4. The van der Waals surface area contributed by atoms with E-state index in [-0.39, 0.29) is 29.5 Å². The molecule has 0 radical (unpaired) electrons. The van der Waals surface area contributed by atoms with E-state index in [1.165, 1.54) is 0 Å². The van der Waals surface area contributed by atoms with Crippen LogP contribution in [-0.2, 0) is 14.8 Å². The fraction of sp³-hybridized carbons (Fsp3) is 0.524. The molecule has 1 aliphatic heterocycles. The van der Waals surface area contributed by atoms with Gasteiger partial charge in [-0.25, -0.2) is 17.7 Å². The number of thiazole rings is 1. The Labute approximate surface area is 176 Å². The number of fused-ring (bicyclic) bond motifs is 1. The third-order valence-electron chi connectivity index (χ3n) is 5.96. The van der Waals surface area contributed by atoms with Gasteiger partial charge in [-0.15, -0.1) is 11.3 Å². The maximum atomic E-state index is 13.1. The quantitative estimate of drug-likeness (QED) is 0.734. The van der Waals surface area contributed by atoms with E-state index in [1.807, 2.05) is 18.2 Å². The first-order valence-corrected chi connectivity index (χ1v) is 12.7. The second kappa shape index (κ2) is 8.53. The van der Waals surface area contributed by atoms with Crippen LogP contribution in [-0.4, -0.2) is 48.5 Å². The molecule has 1 N–H and O–H groups in total. The molecule has 1 aromatic carbocycles. The molecule has 29 heavy (non-hydrogen) atoms. The first kappa shape index (κ1) is 20.5. The van der Waals surface area contributed by atoms with Crippen LogP contribution in [0.3, 0.4) is 0 Å². The van der Waals surface area contributed by atoms with E-state index in [2.05, 4.69) is 23.5 Å². The average molecular weight is 434 g/mol. The molecule has 0 saturated carbocycles. The number of allylic oxidation sites excluding steroid dienone is 2. The van der Waals surface area contributed by atoms with Crippen molar-refractivity contribution < 1.29 is 13.2 Å². The Bertz CT molecular complexity index is 974. The molecular formula is C21H27N3O3S2. The Morgan fingerprint density at radius 2 is 1.93 bits per heavy atom. The lowest BCUT2D eigenvalue weighted by Gasteiger charge is -2.33. The number of aromatic nitrogens is 1. The minimum absolute atomic E-state index is 0.0349. The van der Waals surface area contributed by atoms with E-state index < -0.39 is 10.0 Å². The summed E-state index contributed by atoms with van der Waals surface area (Å²) in [6, 6.07) is 8.12. The zero-order valence-electron chi connectivity index (χ0n) is 16.6. The lowest BCUT2D eigenvalue weighted by atomic mass is 9.82. The maximum absolute atomic E-state index is 13.1. The van der Waals surface area contributed by atoms with Crippen LogP contribution in [0.15, 0.2) is 36.4 Å². The number of carbonyl (C=O) groups is 1. The number of sulfonamides is 1. The number of nitrogens with one attached hydrogen (secondary N) is 1. The van der Waals surface area contributed by atoms with Gasteiger partial charge >= 0.3 is 0 Å². The van der Waals surface area contributed by atoms with Crippen LogP contribution in [0.25, 0.3) is 10.2 Å². The van der Waals surface area contributed by atoms with Gasteiger partial charge in [0.25, 0.3) is 0 Å². The number of carbonyl (C=O) groups excluding carboxylic acids is 1. The van der Waals surface area contributed by atoms with E-state index in [9.17, 15) is 13.2 Å². The molecule has 1 aliphatic carbocycles. The summed E-state index contributed by atoms with van der Waals surface area (Å²) in [5, 5.41) is 4.22. The summed E-state index contributed by atoms with van der Waals surface area (Å²) in [5.74, 6) is 0.161. The van der Waals surface area contributed by atoms with Gasteiger partial charge in [-0.05, 0) is 44.7 Å². The van der Waals surface area contributed by atoms with E-state index in [0.717, 1.165) is 28.1 Å². The van der Waals surface area contributed by atoms with Gasteiger partial charge in [0.1, 0.15) is 0 Å². The molecule has 0 spiro atoms. The molecule has 2 aromatic rings. The number of piperidine rings is 1. The molecular weight excluding hydrogens is 406 g/mol. The van der Waals surface area contributed by atoms with Gasteiger partial charge in [0, 0.05) is 25.0 Å². The number of amides is 1. The highest BCUT2D eigenvalue weighted by atomic mass is 32.2. The van der Waals surface area contributed by atoms with Crippen molar-refractivity contribution in [3.8, 4) is 0 Å². The first-order chi connectivity index (χ1) is 14.0. The minimum Gasteiger partial charge on any atom is -0.353 e. The number of benzene rings is 1. The predicted octanol–water partition coefficient (Wildman–Crippen LogP) is 3.28. The molecule has 0 bridgehead atoms. The highest BCUT2D eigenvalue weighted by Gasteiger charge is 2.34. The molecule has 1 saturated heterocycles. The normalized spacial score (nSPS) is 24.0. The summed E-state index contributed by atoms with van der Waals surface area (Å²) in [6.45, 7) is 2.63. The molecule has 2 aliphatic rings. The van der Waals surface area contributed by atoms with E-state index >= 15 is 0 Å². The third kappa shape index (κ3) is 4.39. The van der Waals surface area contributed by atoms with Crippen LogP contribution >= 0.6 is 11.3 Å². The summed E-state index contributed by atoms with van der Waals surface area (Å²) in [7, 11) is -3.15. The molecule has 2 atom stereocenters. The van der Waals surface area contributed by atoms with Crippen molar-refractivity contribution in [1.29, 1.82) is 0 Å². The van der Waals surface area contributed by atoms with Crippen molar-refractivity contribution in [2.24, 2.45) is 5.92 Å². The van der Waals surface area contributed by atoms with Gasteiger partial charge in [0.05, 0.1) is 26.9 Å². The van der Waals surface area contributed by atoms with E-state index in [4.69, 9.17) is 4.98 Å². The summed E-state index contributed by atoms with van der Waals surface area (Å²) < 4.78 is 26.8. The summed E-state index contributed by atoms with van der Waals surface area (Å²) in [4.78, 5) is 17.9. The lowest BCUT2D eigenvalue weighted by molar-refractivity contribution is -0.126. The molecule has 4 rings (SSSR count). The SMILES string of the molecule is CCS(=O)(=O)N1CCC(NC(=O)[C@@H]2CC=CC[C@H]2c2nc3ccccc3s2)CC1. The molecule has 1 amide bonds. The zero-order valence-corrected chi connectivity index (χ0v) is 18.2. The fourth-order valence-electron chi connectivity index (χ4n) is 4.19. The van der Waals surface area contributed by atoms with Gasteiger partial charge in [-0.3, -0.25) is 4.79 Å². The monoisotopic (exact) mass is 433 g/mol.